The van der Waals surface area contributed by atoms with Gasteiger partial charge in [0, 0.05) is 39.7 Å². The van der Waals surface area contributed by atoms with Crippen LogP contribution in [0.25, 0.3) is 17.0 Å². The number of nitriles is 1. The highest BCUT2D eigenvalue weighted by Gasteiger charge is 2.15. The van der Waals surface area contributed by atoms with E-state index in [0.29, 0.717) is 23.7 Å². The number of rotatable bonds is 7. The van der Waals surface area contributed by atoms with E-state index in [1.54, 1.807) is 31.4 Å². The lowest BCUT2D eigenvalue weighted by atomic mass is 10.1. The standard InChI is InChI=1S/C27H22BrN3O3/c1-33-22-10-11-24(26(14-22)34-2)30-27(32)19(15-29)13-20-17-31(25-9-4-3-8-23(20)25)16-18-6-5-7-21(28)12-18/h3-14,17H,16H2,1-2H3,(H,30,32)/b19-13+. The zero-order valence-corrected chi connectivity index (χ0v) is 20.3. The van der Waals surface area contributed by atoms with Crippen LogP contribution in [0.2, 0.25) is 0 Å². The van der Waals surface area contributed by atoms with E-state index >= 15 is 0 Å². The number of ether oxygens (including phenoxy) is 2. The largest absolute Gasteiger partial charge is 0.497 e. The average Bonchev–Trinajstić information content (AvgIpc) is 3.19. The van der Waals surface area contributed by atoms with Crippen LogP contribution in [-0.4, -0.2) is 24.7 Å². The molecular formula is C27H22BrN3O3. The van der Waals surface area contributed by atoms with E-state index in [-0.39, 0.29) is 5.57 Å². The van der Waals surface area contributed by atoms with Crippen LogP contribution >= 0.6 is 15.9 Å². The molecule has 0 aliphatic carbocycles. The molecule has 0 aliphatic heterocycles. The Morgan fingerprint density at radius 1 is 1.09 bits per heavy atom. The fourth-order valence-electron chi connectivity index (χ4n) is 3.75. The molecule has 170 valence electrons. The van der Waals surface area contributed by atoms with Crippen molar-refractivity contribution in [3.63, 3.8) is 0 Å². The second-order valence-electron chi connectivity index (χ2n) is 7.55. The minimum atomic E-state index is -0.519. The summed E-state index contributed by atoms with van der Waals surface area (Å²) in [7, 11) is 3.06. The molecule has 0 radical (unpaired) electrons. The van der Waals surface area contributed by atoms with Gasteiger partial charge in [-0.2, -0.15) is 5.26 Å². The normalized spacial score (nSPS) is 11.2. The van der Waals surface area contributed by atoms with Gasteiger partial charge < -0.3 is 19.4 Å². The zero-order valence-electron chi connectivity index (χ0n) is 18.7. The number of halogens is 1. The van der Waals surface area contributed by atoms with Crippen LogP contribution in [0.4, 0.5) is 5.69 Å². The van der Waals surface area contributed by atoms with Crippen molar-refractivity contribution in [3.05, 3.63) is 94.1 Å². The number of para-hydroxylation sites is 1. The molecule has 1 heterocycles. The number of anilines is 1. The van der Waals surface area contributed by atoms with Crippen molar-refractivity contribution in [1.82, 2.24) is 4.57 Å². The van der Waals surface area contributed by atoms with E-state index in [0.717, 1.165) is 26.5 Å². The second kappa shape index (κ2) is 10.3. The molecule has 7 heteroatoms. The molecule has 0 fully saturated rings. The molecular weight excluding hydrogens is 494 g/mol. The number of carbonyl (C=O) groups excluding carboxylic acids is 1. The van der Waals surface area contributed by atoms with Gasteiger partial charge in [-0.05, 0) is 42.0 Å². The zero-order chi connectivity index (χ0) is 24.1. The Hall–Kier alpha value is -4.02. The first-order chi connectivity index (χ1) is 16.5. The van der Waals surface area contributed by atoms with Crippen molar-refractivity contribution in [2.24, 2.45) is 0 Å². The molecule has 1 amide bonds. The monoisotopic (exact) mass is 515 g/mol. The Morgan fingerprint density at radius 3 is 2.65 bits per heavy atom. The highest BCUT2D eigenvalue weighted by molar-refractivity contribution is 9.10. The average molecular weight is 516 g/mol. The number of methoxy groups -OCH3 is 2. The van der Waals surface area contributed by atoms with Crippen LogP contribution in [0.15, 0.2) is 83.0 Å². The summed E-state index contributed by atoms with van der Waals surface area (Å²) in [6.07, 6.45) is 3.58. The predicted octanol–water partition coefficient (Wildman–Crippen LogP) is 6.01. The molecule has 0 aliphatic rings. The quantitative estimate of drug-likeness (QED) is 0.241. The van der Waals surface area contributed by atoms with E-state index in [1.165, 1.54) is 7.11 Å². The van der Waals surface area contributed by atoms with Crippen molar-refractivity contribution >= 4 is 44.5 Å². The van der Waals surface area contributed by atoms with E-state index in [4.69, 9.17) is 9.47 Å². The van der Waals surface area contributed by atoms with Crippen LogP contribution in [0, 0.1) is 11.3 Å². The molecule has 0 unspecified atom stereocenters. The third kappa shape index (κ3) is 4.98. The molecule has 4 rings (SSSR count). The Labute approximate surface area is 206 Å². The highest BCUT2D eigenvalue weighted by atomic mass is 79.9. The maximum absolute atomic E-state index is 12.9. The Bertz CT molecular complexity index is 1430. The Balaban J connectivity index is 1.67. The van der Waals surface area contributed by atoms with E-state index in [1.807, 2.05) is 48.7 Å². The molecule has 0 spiro atoms. The number of hydrogen-bond acceptors (Lipinski definition) is 4. The molecule has 0 atom stereocenters. The van der Waals surface area contributed by atoms with Gasteiger partial charge in [0.05, 0.1) is 19.9 Å². The van der Waals surface area contributed by atoms with Gasteiger partial charge in [-0.3, -0.25) is 4.79 Å². The first kappa shape index (κ1) is 23.1. The molecule has 0 bridgehead atoms. The number of nitrogens with one attached hydrogen (secondary N) is 1. The fourth-order valence-corrected chi connectivity index (χ4v) is 4.20. The van der Waals surface area contributed by atoms with Gasteiger partial charge in [0.25, 0.3) is 5.91 Å². The summed E-state index contributed by atoms with van der Waals surface area (Å²) in [6, 6.07) is 23.1. The minimum absolute atomic E-state index is 0.0109. The van der Waals surface area contributed by atoms with Gasteiger partial charge >= 0.3 is 0 Å². The van der Waals surface area contributed by atoms with Gasteiger partial charge in [0.2, 0.25) is 0 Å². The van der Waals surface area contributed by atoms with Crippen molar-refractivity contribution in [2.75, 3.05) is 19.5 Å². The molecule has 0 saturated heterocycles. The first-order valence-corrected chi connectivity index (χ1v) is 11.3. The van der Waals surface area contributed by atoms with E-state index in [9.17, 15) is 10.1 Å². The fraction of sp³-hybridized carbons (Fsp3) is 0.111. The van der Waals surface area contributed by atoms with Gasteiger partial charge in [0.1, 0.15) is 23.1 Å². The third-order valence-corrected chi connectivity index (χ3v) is 5.88. The lowest BCUT2D eigenvalue weighted by Crippen LogP contribution is -2.14. The van der Waals surface area contributed by atoms with Crippen molar-refractivity contribution in [2.45, 2.75) is 6.54 Å². The summed E-state index contributed by atoms with van der Waals surface area (Å²) < 4.78 is 13.7. The first-order valence-electron chi connectivity index (χ1n) is 10.5. The molecule has 3 aromatic carbocycles. The topological polar surface area (TPSA) is 76.3 Å². The van der Waals surface area contributed by atoms with Crippen LogP contribution in [0.1, 0.15) is 11.1 Å². The highest BCUT2D eigenvalue weighted by Crippen LogP contribution is 2.30. The number of nitrogens with zero attached hydrogens (tertiary/aromatic N) is 2. The lowest BCUT2D eigenvalue weighted by Gasteiger charge is -2.11. The van der Waals surface area contributed by atoms with Crippen LogP contribution in [0.3, 0.4) is 0 Å². The molecule has 1 N–H and O–H groups in total. The number of aromatic nitrogens is 1. The van der Waals surface area contributed by atoms with Gasteiger partial charge in [-0.1, -0.05) is 46.3 Å². The summed E-state index contributed by atoms with van der Waals surface area (Å²) in [5.74, 6) is 0.523. The lowest BCUT2D eigenvalue weighted by molar-refractivity contribution is -0.112. The van der Waals surface area contributed by atoms with Crippen LogP contribution in [0.5, 0.6) is 11.5 Å². The van der Waals surface area contributed by atoms with Gasteiger partial charge in [0.15, 0.2) is 0 Å². The summed E-state index contributed by atoms with van der Waals surface area (Å²) in [4.78, 5) is 12.9. The second-order valence-corrected chi connectivity index (χ2v) is 8.47. The van der Waals surface area contributed by atoms with E-state index < -0.39 is 5.91 Å². The number of carbonyl (C=O) groups is 1. The van der Waals surface area contributed by atoms with Crippen molar-refractivity contribution < 1.29 is 14.3 Å². The van der Waals surface area contributed by atoms with Gasteiger partial charge in [-0.25, -0.2) is 0 Å². The number of benzene rings is 3. The predicted molar refractivity (Wildman–Crippen MR) is 137 cm³/mol. The third-order valence-electron chi connectivity index (χ3n) is 5.38. The summed E-state index contributed by atoms with van der Waals surface area (Å²) in [5, 5.41) is 13.5. The van der Waals surface area contributed by atoms with Crippen molar-refractivity contribution in [3.8, 4) is 17.6 Å². The van der Waals surface area contributed by atoms with Gasteiger partial charge in [-0.15, -0.1) is 0 Å². The smallest absolute Gasteiger partial charge is 0.266 e. The molecule has 4 aromatic rings. The van der Waals surface area contributed by atoms with Crippen LogP contribution < -0.4 is 14.8 Å². The Kier molecular flexibility index (Phi) is 7.00. The molecule has 34 heavy (non-hydrogen) atoms. The summed E-state index contributed by atoms with van der Waals surface area (Å²) in [6.45, 7) is 0.658. The number of amides is 1. The van der Waals surface area contributed by atoms with Crippen molar-refractivity contribution in [1.29, 1.82) is 5.26 Å². The molecule has 0 saturated carbocycles. The maximum Gasteiger partial charge on any atom is 0.266 e. The maximum atomic E-state index is 12.9. The molecule has 6 nitrogen and oxygen atoms in total. The minimum Gasteiger partial charge on any atom is -0.497 e. The number of hydrogen-bond donors (Lipinski definition) is 1. The SMILES string of the molecule is COc1ccc(NC(=O)/C(C#N)=C/c2cn(Cc3cccc(Br)c3)c3ccccc23)c(OC)c1. The summed E-state index contributed by atoms with van der Waals surface area (Å²) in [5.41, 5.74) is 3.38. The van der Waals surface area contributed by atoms with Crippen LogP contribution in [-0.2, 0) is 11.3 Å². The Morgan fingerprint density at radius 2 is 1.91 bits per heavy atom. The number of fused-ring (bicyclic) bond motifs is 1. The van der Waals surface area contributed by atoms with E-state index in [2.05, 4.69) is 37.9 Å². The summed E-state index contributed by atoms with van der Waals surface area (Å²) >= 11 is 3.52. The molecule has 1 aromatic heterocycles.